The number of nitrogens with zero attached hydrogens (tertiary/aromatic N) is 3. The number of guanidine groups is 1. The number of hydrogen-bond acceptors (Lipinski definition) is 6. The summed E-state index contributed by atoms with van der Waals surface area (Å²) in [5.41, 5.74) is 8.72. The lowest BCUT2D eigenvalue weighted by Crippen LogP contribution is -2.62. The molecule has 0 spiro atoms. The highest BCUT2D eigenvalue weighted by molar-refractivity contribution is 7.10. The minimum atomic E-state index is -0.855. The van der Waals surface area contributed by atoms with Crippen molar-refractivity contribution < 1.29 is 4.79 Å². The molecule has 1 fully saturated rings. The maximum absolute atomic E-state index is 13.2. The molecule has 1 amide bonds. The van der Waals surface area contributed by atoms with Crippen LogP contribution in [0.25, 0.3) is 11.1 Å². The first-order chi connectivity index (χ1) is 14.3. The molecule has 0 aliphatic carbocycles. The molecule has 3 heterocycles. The number of carbonyl (C=O) groups is 1. The molecular weight excluding hydrogens is 396 g/mol. The van der Waals surface area contributed by atoms with Gasteiger partial charge in [-0.15, -0.1) is 11.3 Å². The zero-order valence-electron chi connectivity index (χ0n) is 16.5. The van der Waals surface area contributed by atoms with Gasteiger partial charge in [-0.05, 0) is 53.3 Å². The second-order valence-corrected chi connectivity index (χ2v) is 8.36. The van der Waals surface area contributed by atoms with Crippen molar-refractivity contribution in [1.29, 1.82) is 10.7 Å². The number of hydrogen-bond donors (Lipinski definition) is 3. The van der Waals surface area contributed by atoms with E-state index in [9.17, 15) is 10.1 Å². The summed E-state index contributed by atoms with van der Waals surface area (Å²) in [4.78, 5) is 19.6. The first-order valence-electron chi connectivity index (χ1n) is 9.28. The predicted molar refractivity (Wildman–Crippen MR) is 117 cm³/mol. The van der Waals surface area contributed by atoms with E-state index in [1.165, 1.54) is 16.2 Å². The Balaban J connectivity index is 1.82. The lowest BCUT2D eigenvalue weighted by atomic mass is 9.77. The van der Waals surface area contributed by atoms with E-state index in [-0.39, 0.29) is 11.9 Å². The van der Waals surface area contributed by atoms with Gasteiger partial charge in [-0.25, -0.2) is 0 Å². The second kappa shape index (κ2) is 7.28. The number of aromatic nitrogens is 1. The third-order valence-electron chi connectivity index (χ3n) is 5.42. The van der Waals surface area contributed by atoms with Gasteiger partial charge in [-0.2, -0.15) is 5.26 Å². The Kier molecular flexibility index (Phi) is 4.76. The molecule has 0 bridgehead atoms. The predicted octanol–water partition coefficient (Wildman–Crippen LogP) is 3.26. The van der Waals surface area contributed by atoms with Crippen molar-refractivity contribution in [2.75, 3.05) is 12.8 Å². The van der Waals surface area contributed by atoms with Crippen molar-refractivity contribution in [3.05, 3.63) is 70.2 Å². The standard InChI is InChI=1S/C22H20N6OS/c1-22(18-8-16(12-30-18)14-5-3-4-13(6-14)9-23)19(15-7-17(24)11-26-10-15)20(29)28(2)21(25)27-22/h3-8,10-12,19H,24H2,1-2H3,(H2,25,27)/t19-,22+/m0/s1. The molecule has 7 nitrogen and oxygen atoms in total. The molecular formula is C22H20N6OS. The number of nitrogens with two attached hydrogens (primary N) is 1. The van der Waals surface area contributed by atoms with Crippen molar-refractivity contribution >= 4 is 28.9 Å². The van der Waals surface area contributed by atoms with Crippen LogP contribution >= 0.6 is 11.3 Å². The highest BCUT2D eigenvalue weighted by Crippen LogP contribution is 2.44. The fraction of sp³-hybridized carbons (Fsp3) is 0.182. The zero-order valence-corrected chi connectivity index (χ0v) is 17.3. The number of amides is 1. The number of benzene rings is 1. The maximum Gasteiger partial charge on any atom is 0.239 e. The lowest BCUT2D eigenvalue weighted by molar-refractivity contribution is -0.131. The molecule has 8 heteroatoms. The molecule has 3 aromatic rings. The Bertz CT molecular complexity index is 1200. The third kappa shape index (κ3) is 3.19. The Labute approximate surface area is 178 Å². The first kappa shape index (κ1) is 19.6. The lowest BCUT2D eigenvalue weighted by Gasteiger charge is -2.45. The number of nitriles is 1. The van der Waals surface area contributed by atoms with Gasteiger partial charge in [0.25, 0.3) is 0 Å². The van der Waals surface area contributed by atoms with Crippen molar-refractivity contribution in [3.63, 3.8) is 0 Å². The number of carbonyl (C=O) groups excluding carboxylic acids is 1. The number of anilines is 1. The Hall–Kier alpha value is -3.70. The van der Waals surface area contributed by atoms with E-state index in [0.29, 0.717) is 16.8 Å². The molecule has 1 saturated heterocycles. The van der Waals surface area contributed by atoms with E-state index in [1.807, 2.05) is 36.6 Å². The number of nitrogen functional groups attached to an aromatic ring is 1. The summed E-state index contributed by atoms with van der Waals surface area (Å²) in [6, 6.07) is 13.3. The number of likely N-dealkylation sites (N-methyl/N-ethyl adjacent to an activating group) is 1. The molecule has 1 aromatic carbocycles. The van der Waals surface area contributed by atoms with Crippen molar-refractivity contribution in [2.24, 2.45) is 0 Å². The highest BCUT2D eigenvalue weighted by atomic mass is 32.1. The van der Waals surface area contributed by atoms with E-state index >= 15 is 0 Å². The summed E-state index contributed by atoms with van der Waals surface area (Å²) in [7, 11) is 1.58. The molecule has 1 aliphatic heterocycles. The van der Waals surface area contributed by atoms with Gasteiger partial charge in [0.15, 0.2) is 5.96 Å². The largest absolute Gasteiger partial charge is 0.397 e. The third-order valence-corrected chi connectivity index (χ3v) is 6.59. The zero-order chi connectivity index (χ0) is 21.5. The van der Waals surface area contributed by atoms with Crippen LogP contribution in [0.15, 0.2) is 54.2 Å². The topological polar surface area (TPSA) is 119 Å². The summed E-state index contributed by atoms with van der Waals surface area (Å²) in [6.07, 6.45) is 3.19. The summed E-state index contributed by atoms with van der Waals surface area (Å²) in [5, 5.41) is 22.7. The van der Waals surface area contributed by atoms with Crippen LogP contribution in [0.1, 0.15) is 28.8 Å². The van der Waals surface area contributed by atoms with Gasteiger partial charge >= 0.3 is 0 Å². The minimum absolute atomic E-state index is 0.0389. The van der Waals surface area contributed by atoms with Gasteiger partial charge in [-0.1, -0.05) is 12.1 Å². The fourth-order valence-corrected chi connectivity index (χ4v) is 4.86. The molecule has 4 rings (SSSR count). The Morgan fingerprint density at radius 1 is 1.30 bits per heavy atom. The van der Waals surface area contributed by atoms with Crippen LogP contribution < -0.4 is 11.1 Å². The average molecular weight is 417 g/mol. The molecule has 0 unspecified atom stereocenters. The van der Waals surface area contributed by atoms with E-state index in [2.05, 4.69) is 16.4 Å². The summed E-state index contributed by atoms with van der Waals surface area (Å²) >= 11 is 1.51. The summed E-state index contributed by atoms with van der Waals surface area (Å²) < 4.78 is 0. The maximum atomic E-state index is 13.2. The summed E-state index contributed by atoms with van der Waals surface area (Å²) in [6.45, 7) is 1.92. The van der Waals surface area contributed by atoms with Gasteiger partial charge in [0, 0.05) is 24.3 Å². The molecule has 0 radical (unpaired) electrons. The molecule has 2 atom stereocenters. The normalized spacial score (nSPS) is 21.2. The molecule has 30 heavy (non-hydrogen) atoms. The van der Waals surface area contributed by atoms with Crippen molar-refractivity contribution in [1.82, 2.24) is 15.2 Å². The van der Waals surface area contributed by atoms with Crippen LogP contribution in [-0.2, 0) is 10.3 Å². The van der Waals surface area contributed by atoms with Crippen LogP contribution in [0.3, 0.4) is 0 Å². The first-order valence-corrected chi connectivity index (χ1v) is 10.2. The van der Waals surface area contributed by atoms with Gasteiger partial charge in [-0.3, -0.25) is 20.1 Å². The monoisotopic (exact) mass is 416 g/mol. The van der Waals surface area contributed by atoms with Gasteiger partial charge in [0.2, 0.25) is 5.91 Å². The van der Waals surface area contributed by atoms with E-state index in [0.717, 1.165) is 16.0 Å². The van der Waals surface area contributed by atoms with E-state index in [1.54, 1.807) is 31.6 Å². The fourth-order valence-electron chi connectivity index (χ4n) is 3.80. The second-order valence-electron chi connectivity index (χ2n) is 7.45. The van der Waals surface area contributed by atoms with Crippen LogP contribution in [0.4, 0.5) is 5.69 Å². The van der Waals surface area contributed by atoms with Gasteiger partial charge in [0.05, 0.1) is 28.8 Å². The highest BCUT2D eigenvalue weighted by Gasteiger charge is 2.49. The quantitative estimate of drug-likeness (QED) is 0.605. The molecule has 1 aliphatic rings. The van der Waals surface area contributed by atoms with Crippen LogP contribution in [0, 0.1) is 16.7 Å². The van der Waals surface area contributed by atoms with E-state index < -0.39 is 11.5 Å². The molecule has 2 aromatic heterocycles. The SMILES string of the molecule is CN1C(=N)N[C@](C)(c2cc(-c3cccc(C#N)c3)cs2)[C@@H](c2cncc(N)c2)C1=O. The van der Waals surface area contributed by atoms with Crippen molar-refractivity contribution in [3.8, 4) is 17.2 Å². The molecule has 150 valence electrons. The molecule has 4 N–H and O–H groups in total. The molecule has 0 saturated carbocycles. The number of thiophene rings is 1. The van der Waals surface area contributed by atoms with Gasteiger partial charge < -0.3 is 11.1 Å². The van der Waals surface area contributed by atoms with Crippen LogP contribution in [0.2, 0.25) is 0 Å². The van der Waals surface area contributed by atoms with Gasteiger partial charge in [0.1, 0.15) is 0 Å². The van der Waals surface area contributed by atoms with Crippen LogP contribution in [0.5, 0.6) is 0 Å². The Morgan fingerprint density at radius 2 is 2.10 bits per heavy atom. The summed E-state index contributed by atoms with van der Waals surface area (Å²) in [5.74, 6) is -0.767. The number of pyridine rings is 1. The number of rotatable bonds is 3. The smallest absolute Gasteiger partial charge is 0.239 e. The van der Waals surface area contributed by atoms with Crippen LogP contribution in [-0.4, -0.2) is 28.8 Å². The van der Waals surface area contributed by atoms with Crippen molar-refractivity contribution in [2.45, 2.75) is 18.4 Å². The Morgan fingerprint density at radius 3 is 2.83 bits per heavy atom. The van der Waals surface area contributed by atoms with E-state index in [4.69, 9.17) is 11.1 Å². The average Bonchev–Trinajstić information content (AvgIpc) is 3.23. The number of nitrogens with one attached hydrogen (secondary N) is 2. The minimum Gasteiger partial charge on any atom is -0.397 e.